The minimum absolute atomic E-state index is 0.140. The molecular formula is C26H29N5O2. The second-order valence-corrected chi connectivity index (χ2v) is 8.48. The lowest BCUT2D eigenvalue weighted by Crippen LogP contribution is -2.27. The van der Waals surface area contributed by atoms with Crippen LogP contribution in [0.3, 0.4) is 0 Å². The number of fused-ring (bicyclic) bond motifs is 1. The summed E-state index contributed by atoms with van der Waals surface area (Å²) in [6.07, 6.45) is 0.441. The molecule has 1 N–H and O–H groups in total. The van der Waals surface area contributed by atoms with Gasteiger partial charge in [0.1, 0.15) is 11.2 Å². The zero-order chi connectivity index (χ0) is 23.7. The van der Waals surface area contributed by atoms with Crippen molar-refractivity contribution >= 4 is 22.8 Å². The van der Waals surface area contributed by atoms with Crippen molar-refractivity contribution in [3.8, 4) is 5.69 Å². The number of amides is 1. The van der Waals surface area contributed by atoms with E-state index in [-0.39, 0.29) is 24.3 Å². The van der Waals surface area contributed by atoms with E-state index in [1.165, 1.54) is 0 Å². The van der Waals surface area contributed by atoms with E-state index in [1.807, 2.05) is 77.1 Å². The van der Waals surface area contributed by atoms with Gasteiger partial charge in [-0.3, -0.25) is 14.2 Å². The molecule has 0 atom stereocenters. The average molecular weight is 444 g/mol. The Hall–Kier alpha value is -3.74. The molecule has 0 aliphatic carbocycles. The highest BCUT2D eigenvalue weighted by Crippen LogP contribution is 2.21. The molecule has 2 aromatic carbocycles. The lowest BCUT2D eigenvalue weighted by Gasteiger charge is -2.12. The number of aryl methyl sites for hydroxylation is 6. The molecule has 0 saturated carbocycles. The van der Waals surface area contributed by atoms with Crippen LogP contribution < -0.4 is 10.9 Å². The molecule has 33 heavy (non-hydrogen) atoms. The normalized spacial score (nSPS) is 11.2. The van der Waals surface area contributed by atoms with Crippen LogP contribution in [0.4, 0.5) is 5.69 Å². The van der Waals surface area contributed by atoms with Gasteiger partial charge in [-0.2, -0.15) is 5.10 Å². The average Bonchev–Trinajstić information content (AvgIpc) is 3.11. The molecule has 4 aromatic rings. The molecule has 1 amide bonds. The fraction of sp³-hybridized carbons (Fsp3) is 0.308. The molecule has 7 nitrogen and oxygen atoms in total. The van der Waals surface area contributed by atoms with Gasteiger partial charge in [0, 0.05) is 25.1 Å². The summed E-state index contributed by atoms with van der Waals surface area (Å²) in [5.41, 5.74) is 7.27. The van der Waals surface area contributed by atoms with E-state index >= 15 is 0 Å². The third-order valence-corrected chi connectivity index (χ3v) is 5.84. The quantitative estimate of drug-likeness (QED) is 0.479. The first kappa shape index (κ1) is 22.5. The van der Waals surface area contributed by atoms with Gasteiger partial charge in [-0.1, -0.05) is 35.4 Å². The van der Waals surface area contributed by atoms with Gasteiger partial charge >= 0.3 is 0 Å². The van der Waals surface area contributed by atoms with Crippen molar-refractivity contribution in [2.75, 3.05) is 5.32 Å². The van der Waals surface area contributed by atoms with Gasteiger partial charge in [-0.15, -0.1) is 0 Å². The van der Waals surface area contributed by atoms with E-state index in [4.69, 9.17) is 0 Å². The summed E-state index contributed by atoms with van der Waals surface area (Å²) in [5, 5.41) is 7.61. The first-order valence-electron chi connectivity index (χ1n) is 11.2. The molecule has 0 aliphatic rings. The summed E-state index contributed by atoms with van der Waals surface area (Å²) < 4.78 is 3.47. The minimum Gasteiger partial charge on any atom is -0.326 e. The lowest BCUT2D eigenvalue weighted by molar-refractivity contribution is -0.116. The number of carbonyl (C=O) groups is 1. The van der Waals surface area contributed by atoms with Crippen LogP contribution in [-0.2, 0) is 17.8 Å². The Balaban J connectivity index is 1.64. The number of nitrogens with zero attached hydrogens (tertiary/aromatic N) is 4. The first-order chi connectivity index (χ1) is 15.8. The minimum atomic E-state index is -0.183. The molecule has 0 aliphatic heterocycles. The number of carbonyl (C=O) groups excluding carboxylic acids is 1. The third kappa shape index (κ3) is 4.44. The highest BCUT2D eigenvalue weighted by atomic mass is 16.1. The van der Waals surface area contributed by atoms with Crippen molar-refractivity contribution in [2.45, 2.75) is 54.0 Å². The lowest BCUT2D eigenvalue weighted by atomic mass is 10.1. The number of rotatable bonds is 6. The Morgan fingerprint density at radius 3 is 2.36 bits per heavy atom. The van der Waals surface area contributed by atoms with Gasteiger partial charge in [0.2, 0.25) is 5.91 Å². The standard InChI is InChI=1S/C26H29N5O2/c1-6-30-25-24(19(5)29-31(25)20-10-7-16(2)8-11-20)28-22(26(30)33)13-14-23(32)27-21-12-9-17(3)15-18(21)4/h7-12,15H,6,13-14H2,1-5H3,(H,27,32). The number of hydrogen-bond acceptors (Lipinski definition) is 4. The third-order valence-electron chi connectivity index (χ3n) is 5.84. The Bertz CT molecular complexity index is 1400. The van der Waals surface area contributed by atoms with Gasteiger partial charge in [0.25, 0.3) is 5.56 Å². The molecule has 7 heteroatoms. The van der Waals surface area contributed by atoms with E-state index in [2.05, 4.69) is 15.4 Å². The van der Waals surface area contributed by atoms with Crippen molar-refractivity contribution in [1.82, 2.24) is 19.3 Å². The second kappa shape index (κ2) is 9.02. The van der Waals surface area contributed by atoms with Gasteiger partial charge in [0.05, 0.1) is 11.4 Å². The van der Waals surface area contributed by atoms with Crippen LogP contribution >= 0.6 is 0 Å². The molecular weight excluding hydrogens is 414 g/mol. The summed E-state index contributed by atoms with van der Waals surface area (Å²) >= 11 is 0. The molecule has 0 saturated heterocycles. The number of aromatic nitrogens is 4. The van der Waals surface area contributed by atoms with E-state index in [0.717, 1.165) is 33.8 Å². The largest absolute Gasteiger partial charge is 0.326 e. The fourth-order valence-electron chi connectivity index (χ4n) is 4.04. The molecule has 0 bridgehead atoms. The molecule has 170 valence electrons. The van der Waals surface area contributed by atoms with Crippen molar-refractivity contribution in [3.05, 3.63) is 80.9 Å². The number of anilines is 1. The molecule has 0 radical (unpaired) electrons. The van der Waals surface area contributed by atoms with Crippen LogP contribution in [0.2, 0.25) is 0 Å². The van der Waals surface area contributed by atoms with Crippen LogP contribution in [0.15, 0.2) is 47.3 Å². The SMILES string of the molecule is CCn1c(=O)c(CCC(=O)Nc2ccc(C)cc2C)nc2c(C)nn(-c3ccc(C)cc3)c21. The van der Waals surface area contributed by atoms with E-state index in [9.17, 15) is 9.59 Å². The molecule has 0 spiro atoms. The molecule has 0 fully saturated rings. The fourth-order valence-corrected chi connectivity index (χ4v) is 4.04. The highest BCUT2D eigenvalue weighted by molar-refractivity contribution is 5.91. The summed E-state index contributed by atoms with van der Waals surface area (Å²) in [6, 6.07) is 13.9. The predicted molar refractivity (Wildman–Crippen MR) is 131 cm³/mol. The highest BCUT2D eigenvalue weighted by Gasteiger charge is 2.19. The van der Waals surface area contributed by atoms with E-state index in [0.29, 0.717) is 23.4 Å². The van der Waals surface area contributed by atoms with Crippen LogP contribution in [0.5, 0.6) is 0 Å². The van der Waals surface area contributed by atoms with Crippen molar-refractivity contribution in [1.29, 1.82) is 0 Å². The summed E-state index contributed by atoms with van der Waals surface area (Å²) in [5.74, 6) is -0.140. The van der Waals surface area contributed by atoms with Crippen LogP contribution in [0.25, 0.3) is 16.9 Å². The van der Waals surface area contributed by atoms with Gasteiger partial charge in [-0.25, -0.2) is 9.67 Å². The number of hydrogen-bond donors (Lipinski definition) is 1. The zero-order valence-corrected chi connectivity index (χ0v) is 19.8. The summed E-state index contributed by atoms with van der Waals surface area (Å²) in [7, 11) is 0. The number of benzene rings is 2. The molecule has 2 heterocycles. The van der Waals surface area contributed by atoms with Crippen molar-refractivity contribution in [2.24, 2.45) is 0 Å². The van der Waals surface area contributed by atoms with Crippen LogP contribution in [0.1, 0.15) is 41.4 Å². The van der Waals surface area contributed by atoms with Gasteiger partial charge < -0.3 is 5.32 Å². The van der Waals surface area contributed by atoms with Crippen molar-refractivity contribution in [3.63, 3.8) is 0 Å². The van der Waals surface area contributed by atoms with E-state index < -0.39 is 0 Å². The second-order valence-electron chi connectivity index (χ2n) is 8.48. The maximum atomic E-state index is 13.3. The van der Waals surface area contributed by atoms with Crippen LogP contribution in [-0.4, -0.2) is 25.2 Å². The van der Waals surface area contributed by atoms with Crippen LogP contribution in [0, 0.1) is 27.7 Å². The van der Waals surface area contributed by atoms with Crippen molar-refractivity contribution < 1.29 is 4.79 Å². The monoisotopic (exact) mass is 443 g/mol. The maximum absolute atomic E-state index is 13.3. The smallest absolute Gasteiger partial charge is 0.273 e. The van der Waals surface area contributed by atoms with E-state index in [1.54, 1.807) is 9.25 Å². The first-order valence-corrected chi connectivity index (χ1v) is 11.2. The molecule has 0 unspecified atom stereocenters. The predicted octanol–water partition coefficient (Wildman–Crippen LogP) is 4.41. The Kier molecular flexibility index (Phi) is 6.14. The van der Waals surface area contributed by atoms with Gasteiger partial charge in [0.15, 0.2) is 5.65 Å². The summed E-state index contributed by atoms with van der Waals surface area (Å²) in [6.45, 7) is 10.3. The molecule has 4 rings (SSSR count). The Labute approximate surface area is 193 Å². The maximum Gasteiger partial charge on any atom is 0.273 e. The summed E-state index contributed by atoms with van der Waals surface area (Å²) in [4.78, 5) is 30.5. The topological polar surface area (TPSA) is 81.8 Å². The molecule has 2 aromatic heterocycles. The zero-order valence-electron chi connectivity index (χ0n) is 19.8. The Morgan fingerprint density at radius 1 is 1.00 bits per heavy atom. The number of nitrogens with one attached hydrogen (secondary N) is 1. The Morgan fingerprint density at radius 2 is 1.70 bits per heavy atom. The van der Waals surface area contributed by atoms with Gasteiger partial charge in [-0.05, 0) is 58.4 Å².